The fraction of sp³-hybridized carbons (Fsp3) is 0.789. The minimum absolute atomic E-state index is 0.0853. The third kappa shape index (κ3) is 37.9. The number of carbonyl (C=O) groups excluding carboxylic acids is 2. The smallest absolute Gasteiger partial charge is 0.462 e. The Kier molecular flexibility index (Phi) is 43.2. The first kappa shape index (κ1) is 66.6. The van der Waals surface area contributed by atoms with Crippen LogP contribution in [0.15, 0.2) is 60.8 Å². The van der Waals surface area contributed by atoms with Gasteiger partial charge < -0.3 is 39.9 Å². The number of phosphoric acid groups is 1. The number of hydrogen-bond donors (Lipinski definition) is 6. The Labute approximate surface area is 430 Å². The van der Waals surface area contributed by atoms with E-state index in [4.69, 9.17) is 18.5 Å². The lowest BCUT2D eigenvalue weighted by molar-refractivity contribution is -0.220. The van der Waals surface area contributed by atoms with E-state index in [1.807, 2.05) is 0 Å². The molecule has 1 aliphatic carbocycles. The van der Waals surface area contributed by atoms with Crippen molar-refractivity contribution in [3.63, 3.8) is 0 Å². The van der Waals surface area contributed by atoms with Crippen molar-refractivity contribution in [1.82, 2.24) is 0 Å². The number of rotatable bonds is 47. The van der Waals surface area contributed by atoms with Crippen LogP contribution in [0.1, 0.15) is 232 Å². The van der Waals surface area contributed by atoms with E-state index in [0.717, 1.165) is 96.3 Å². The minimum Gasteiger partial charge on any atom is -0.462 e. The van der Waals surface area contributed by atoms with Gasteiger partial charge in [-0.3, -0.25) is 18.6 Å². The zero-order valence-corrected chi connectivity index (χ0v) is 45.2. The van der Waals surface area contributed by atoms with Gasteiger partial charge in [-0.25, -0.2) is 4.57 Å². The third-order valence-corrected chi connectivity index (χ3v) is 13.8. The van der Waals surface area contributed by atoms with Gasteiger partial charge in [0.1, 0.15) is 43.2 Å². The molecule has 13 nitrogen and oxygen atoms in total. The molecule has 0 aromatic heterocycles. The van der Waals surface area contributed by atoms with Gasteiger partial charge in [-0.2, -0.15) is 0 Å². The summed E-state index contributed by atoms with van der Waals surface area (Å²) >= 11 is 0. The van der Waals surface area contributed by atoms with Crippen LogP contribution in [0.3, 0.4) is 0 Å². The molecule has 412 valence electrons. The monoisotopic (exact) mass is 1020 g/mol. The van der Waals surface area contributed by atoms with Crippen molar-refractivity contribution < 1.29 is 63.1 Å². The molecule has 1 rings (SSSR count). The number of esters is 2. The van der Waals surface area contributed by atoms with Crippen LogP contribution in [0.25, 0.3) is 0 Å². The molecule has 1 saturated carbocycles. The largest absolute Gasteiger partial charge is 0.472 e. The molecule has 0 spiro atoms. The lowest BCUT2D eigenvalue weighted by atomic mass is 9.85. The van der Waals surface area contributed by atoms with Crippen LogP contribution in [-0.2, 0) is 32.7 Å². The van der Waals surface area contributed by atoms with Crippen molar-refractivity contribution >= 4 is 19.8 Å². The van der Waals surface area contributed by atoms with Crippen molar-refractivity contribution in [3.05, 3.63) is 60.8 Å². The second-order valence-electron chi connectivity index (χ2n) is 19.4. The highest BCUT2D eigenvalue weighted by Crippen LogP contribution is 2.47. The molecule has 1 aliphatic rings. The zero-order chi connectivity index (χ0) is 52.1. The molecule has 71 heavy (non-hydrogen) atoms. The molecule has 14 heteroatoms. The first-order valence-electron chi connectivity index (χ1n) is 28.1. The van der Waals surface area contributed by atoms with Crippen molar-refractivity contribution in [2.75, 3.05) is 13.2 Å². The van der Waals surface area contributed by atoms with Crippen molar-refractivity contribution in [3.8, 4) is 0 Å². The number of aliphatic hydroxyl groups excluding tert-OH is 5. The van der Waals surface area contributed by atoms with E-state index in [0.29, 0.717) is 12.8 Å². The molecular formula is C57H101O13P. The molecule has 0 amide bonds. The normalized spacial score (nSPS) is 21.1. The van der Waals surface area contributed by atoms with Gasteiger partial charge in [-0.1, -0.05) is 203 Å². The fourth-order valence-corrected chi connectivity index (χ4v) is 9.37. The van der Waals surface area contributed by atoms with Crippen LogP contribution in [0.5, 0.6) is 0 Å². The van der Waals surface area contributed by atoms with Crippen LogP contribution >= 0.6 is 7.82 Å². The SMILES string of the molecule is CC/C=C\C/C=C\C/C=C\C/C=C\CCCCCCCCCCC(=O)OC(COC(=O)CCCCCCCCCCC/C=C\CCCCCCCCCC)COP(=O)(O)OC1C(O)C(O)C(O)C(O)C1O. The summed E-state index contributed by atoms with van der Waals surface area (Å²) in [7, 11) is -5.13. The summed E-state index contributed by atoms with van der Waals surface area (Å²) < 4.78 is 33.7. The fourth-order valence-electron chi connectivity index (χ4n) is 8.39. The molecule has 0 aromatic carbocycles. The van der Waals surface area contributed by atoms with Gasteiger partial charge >= 0.3 is 19.8 Å². The Morgan fingerprint density at radius 1 is 0.451 bits per heavy atom. The average molecular weight is 1030 g/mol. The highest BCUT2D eigenvalue weighted by atomic mass is 31.2. The van der Waals surface area contributed by atoms with Gasteiger partial charge in [0.2, 0.25) is 0 Å². The van der Waals surface area contributed by atoms with Crippen LogP contribution < -0.4 is 0 Å². The predicted octanol–water partition coefficient (Wildman–Crippen LogP) is 12.8. The van der Waals surface area contributed by atoms with E-state index in [1.165, 1.54) is 96.3 Å². The van der Waals surface area contributed by atoms with E-state index in [9.17, 15) is 44.6 Å². The van der Waals surface area contributed by atoms with E-state index in [1.54, 1.807) is 0 Å². The van der Waals surface area contributed by atoms with Gasteiger partial charge in [0.05, 0.1) is 6.61 Å². The van der Waals surface area contributed by atoms with Gasteiger partial charge in [-0.05, 0) is 77.0 Å². The second kappa shape index (κ2) is 46.1. The number of carbonyl (C=O) groups is 2. The van der Waals surface area contributed by atoms with Crippen LogP contribution in [0.2, 0.25) is 0 Å². The molecule has 6 N–H and O–H groups in total. The Bertz CT molecular complexity index is 1470. The maximum Gasteiger partial charge on any atom is 0.472 e. The van der Waals surface area contributed by atoms with Crippen molar-refractivity contribution in [1.29, 1.82) is 0 Å². The van der Waals surface area contributed by atoms with Crippen LogP contribution in [0, 0.1) is 0 Å². The highest BCUT2D eigenvalue weighted by molar-refractivity contribution is 7.47. The van der Waals surface area contributed by atoms with Gasteiger partial charge in [-0.15, -0.1) is 0 Å². The molecule has 0 heterocycles. The summed E-state index contributed by atoms with van der Waals surface area (Å²) in [5.74, 6) is -1.11. The number of phosphoric ester groups is 1. The molecule has 1 fully saturated rings. The van der Waals surface area contributed by atoms with Gasteiger partial charge in [0, 0.05) is 12.8 Å². The molecule has 6 unspecified atom stereocenters. The number of aliphatic hydroxyl groups is 5. The Hall–Kier alpha value is -2.45. The first-order chi connectivity index (χ1) is 34.4. The number of hydrogen-bond acceptors (Lipinski definition) is 12. The second-order valence-corrected chi connectivity index (χ2v) is 20.8. The molecule has 0 aromatic rings. The van der Waals surface area contributed by atoms with Gasteiger partial charge in [0.25, 0.3) is 0 Å². The van der Waals surface area contributed by atoms with Crippen LogP contribution in [-0.4, -0.2) is 98.3 Å². The minimum atomic E-state index is -5.13. The van der Waals surface area contributed by atoms with Crippen molar-refractivity contribution in [2.24, 2.45) is 0 Å². The zero-order valence-electron chi connectivity index (χ0n) is 44.3. The topological polar surface area (TPSA) is 210 Å². The quantitative estimate of drug-likeness (QED) is 0.0145. The molecule has 0 aliphatic heterocycles. The first-order valence-corrected chi connectivity index (χ1v) is 29.6. The Morgan fingerprint density at radius 2 is 0.803 bits per heavy atom. The molecule has 0 radical (unpaired) electrons. The summed E-state index contributed by atoms with van der Waals surface area (Å²) in [6.45, 7) is 3.22. The maximum absolute atomic E-state index is 12.9. The number of allylic oxidation sites excluding steroid dienone is 10. The van der Waals surface area contributed by atoms with E-state index >= 15 is 0 Å². The third-order valence-electron chi connectivity index (χ3n) is 12.8. The highest BCUT2D eigenvalue weighted by Gasteiger charge is 2.51. The Morgan fingerprint density at radius 3 is 1.24 bits per heavy atom. The summed E-state index contributed by atoms with van der Waals surface area (Å²) in [6.07, 6.45) is 45.4. The number of unbranched alkanes of at least 4 members (excludes halogenated alkanes) is 25. The average Bonchev–Trinajstić information content (AvgIpc) is 3.35. The molecule has 0 saturated heterocycles. The lowest BCUT2D eigenvalue weighted by Gasteiger charge is -2.41. The molecule has 0 bridgehead atoms. The summed E-state index contributed by atoms with van der Waals surface area (Å²) in [4.78, 5) is 36.0. The van der Waals surface area contributed by atoms with Crippen molar-refractivity contribution in [2.45, 2.75) is 275 Å². The standard InChI is InChI=1S/C57H101O13P/c1-3-5-7-9-11-13-15-17-19-21-23-25-27-29-31-33-35-37-39-41-43-45-50(58)67-47-49(48-68-71(65,66)70-57-55(63)53(61)52(60)54(62)56(57)64)69-51(59)46-44-42-40-38-36-34-32-30-28-26-24-22-20-18-16-14-12-10-8-6-4-2/h6,8,12,14,18,20-21,23-24,26,49,52-57,60-64H,3-5,7,9-11,13,15-17,19,22,25,27-48H2,1-2H3,(H,65,66)/b8-6-,14-12-,20-18-,23-21-,26-24-. The maximum atomic E-state index is 12.9. The number of ether oxygens (including phenoxy) is 2. The molecular weight excluding hydrogens is 924 g/mol. The van der Waals surface area contributed by atoms with E-state index in [2.05, 4.69) is 74.6 Å². The lowest BCUT2D eigenvalue weighted by Crippen LogP contribution is -2.64. The van der Waals surface area contributed by atoms with Crippen LogP contribution in [0.4, 0.5) is 0 Å². The summed E-state index contributed by atoms with van der Waals surface area (Å²) in [6, 6.07) is 0. The Balaban J connectivity index is 2.36. The van der Waals surface area contributed by atoms with E-state index in [-0.39, 0.29) is 12.8 Å². The molecule has 6 atom stereocenters. The van der Waals surface area contributed by atoms with Gasteiger partial charge in [0.15, 0.2) is 6.10 Å². The van der Waals surface area contributed by atoms with E-state index < -0.39 is 75.7 Å². The summed E-state index contributed by atoms with van der Waals surface area (Å²) in [5.41, 5.74) is 0. The predicted molar refractivity (Wildman–Crippen MR) is 286 cm³/mol. The summed E-state index contributed by atoms with van der Waals surface area (Å²) in [5, 5.41) is 50.4.